The van der Waals surface area contributed by atoms with Gasteiger partial charge < -0.3 is 0 Å². The standard InChI is InChI=1S/C10H16.C9H9N/c1-2-6-10-8-4-3-7-9(10)5-1;1-2-4-9-7-10-6-5-8(9)3-1/h1,5,9-10H,2-4,6-8H2;1-2,5-7H,3-4H2. The molecule has 2 unspecified atom stereocenters. The Morgan fingerprint density at radius 1 is 0.900 bits per heavy atom. The number of fused-ring (bicyclic) bond motifs is 2. The van der Waals surface area contributed by atoms with Crippen LogP contribution in [0, 0.1) is 11.8 Å². The number of hydrogen-bond donors (Lipinski definition) is 0. The highest BCUT2D eigenvalue weighted by Crippen LogP contribution is 2.36. The van der Waals surface area contributed by atoms with E-state index >= 15 is 0 Å². The van der Waals surface area contributed by atoms with Gasteiger partial charge in [-0.25, -0.2) is 0 Å². The second-order valence-corrected chi connectivity index (χ2v) is 6.24. The van der Waals surface area contributed by atoms with Gasteiger partial charge in [-0.3, -0.25) is 4.98 Å². The highest BCUT2D eigenvalue weighted by atomic mass is 14.6. The van der Waals surface area contributed by atoms with Crippen molar-refractivity contribution in [2.75, 3.05) is 0 Å². The van der Waals surface area contributed by atoms with E-state index in [2.05, 4.69) is 35.4 Å². The summed E-state index contributed by atoms with van der Waals surface area (Å²) >= 11 is 0. The van der Waals surface area contributed by atoms with Crippen LogP contribution >= 0.6 is 0 Å². The summed E-state index contributed by atoms with van der Waals surface area (Å²) in [5.41, 5.74) is 2.81. The molecule has 0 aromatic carbocycles. The molecule has 106 valence electrons. The first-order valence-corrected chi connectivity index (χ1v) is 8.17. The number of allylic oxidation sites excluding steroid dienone is 4. The van der Waals surface area contributed by atoms with Crippen LogP contribution in [0.3, 0.4) is 0 Å². The van der Waals surface area contributed by atoms with Crippen molar-refractivity contribution >= 4 is 0 Å². The van der Waals surface area contributed by atoms with Gasteiger partial charge in [0.25, 0.3) is 0 Å². The van der Waals surface area contributed by atoms with Crippen molar-refractivity contribution in [3.8, 4) is 0 Å². The molecule has 0 N–H and O–H groups in total. The second kappa shape index (κ2) is 6.88. The molecule has 1 heteroatoms. The molecule has 1 aromatic heterocycles. The molecule has 0 spiro atoms. The molecule has 0 radical (unpaired) electrons. The fourth-order valence-corrected chi connectivity index (χ4v) is 3.69. The summed E-state index contributed by atoms with van der Waals surface area (Å²) < 4.78 is 0. The SMILES string of the molecule is C1=CC2CCCCC2CC1.C1=CCc2cnccc2C1. The van der Waals surface area contributed by atoms with Crippen LogP contribution in [0.1, 0.15) is 49.7 Å². The summed E-state index contributed by atoms with van der Waals surface area (Å²) in [6.45, 7) is 0. The van der Waals surface area contributed by atoms with Crippen molar-refractivity contribution in [1.82, 2.24) is 4.98 Å². The van der Waals surface area contributed by atoms with Crippen LogP contribution in [0.25, 0.3) is 0 Å². The normalized spacial score (nSPS) is 27.0. The smallest absolute Gasteiger partial charge is 0.0305 e. The summed E-state index contributed by atoms with van der Waals surface area (Å²) in [4.78, 5) is 4.06. The highest BCUT2D eigenvalue weighted by molar-refractivity contribution is 5.30. The Bertz CT molecular complexity index is 459. The van der Waals surface area contributed by atoms with Crippen molar-refractivity contribution < 1.29 is 0 Å². The Kier molecular flexibility index (Phi) is 4.68. The molecule has 4 rings (SSSR count). The van der Waals surface area contributed by atoms with E-state index in [9.17, 15) is 0 Å². The van der Waals surface area contributed by atoms with Gasteiger partial charge in [0.1, 0.15) is 0 Å². The molecule has 0 aliphatic heterocycles. The molecular formula is C19H25N. The third-order valence-electron chi connectivity index (χ3n) is 4.90. The van der Waals surface area contributed by atoms with Crippen molar-refractivity contribution in [3.05, 3.63) is 53.9 Å². The fraction of sp³-hybridized carbons (Fsp3) is 0.526. The van der Waals surface area contributed by atoms with Crippen LogP contribution in [0.5, 0.6) is 0 Å². The Morgan fingerprint density at radius 3 is 2.60 bits per heavy atom. The lowest BCUT2D eigenvalue weighted by molar-refractivity contribution is 0.259. The van der Waals surface area contributed by atoms with Gasteiger partial charge in [-0.05, 0) is 67.6 Å². The molecule has 3 aliphatic carbocycles. The van der Waals surface area contributed by atoms with Crippen LogP contribution in [0.2, 0.25) is 0 Å². The summed E-state index contributed by atoms with van der Waals surface area (Å²) in [5.74, 6) is 2.04. The van der Waals surface area contributed by atoms with Gasteiger partial charge in [-0.1, -0.05) is 37.1 Å². The maximum atomic E-state index is 4.06. The van der Waals surface area contributed by atoms with Gasteiger partial charge in [0, 0.05) is 12.4 Å². The zero-order valence-electron chi connectivity index (χ0n) is 12.3. The summed E-state index contributed by atoms with van der Waals surface area (Å²) in [6, 6.07) is 2.10. The molecule has 3 aliphatic rings. The molecular weight excluding hydrogens is 242 g/mol. The van der Waals surface area contributed by atoms with E-state index < -0.39 is 0 Å². The van der Waals surface area contributed by atoms with Crippen LogP contribution in [0.15, 0.2) is 42.8 Å². The van der Waals surface area contributed by atoms with E-state index in [4.69, 9.17) is 0 Å². The summed E-state index contributed by atoms with van der Waals surface area (Å²) in [5, 5.41) is 0. The largest absolute Gasteiger partial charge is 0.264 e. The summed E-state index contributed by atoms with van der Waals surface area (Å²) in [6.07, 6.45) is 24.0. The topological polar surface area (TPSA) is 12.9 Å². The molecule has 1 saturated carbocycles. The van der Waals surface area contributed by atoms with E-state index in [1.165, 1.54) is 49.7 Å². The monoisotopic (exact) mass is 267 g/mol. The number of hydrogen-bond acceptors (Lipinski definition) is 1. The Morgan fingerprint density at radius 2 is 1.75 bits per heavy atom. The van der Waals surface area contributed by atoms with E-state index in [-0.39, 0.29) is 0 Å². The molecule has 2 atom stereocenters. The number of nitrogens with zero attached hydrogens (tertiary/aromatic N) is 1. The van der Waals surface area contributed by atoms with Gasteiger partial charge in [0.15, 0.2) is 0 Å². The van der Waals surface area contributed by atoms with Crippen molar-refractivity contribution in [2.24, 2.45) is 11.8 Å². The van der Waals surface area contributed by atoms with Crippen LogP contribution in [-0.2, 0) is 12.8 Å². The zero-order chi connectivity index (χ0) is 13.6. The molecule has 20 heavy (non-hydrogen) atoms. The average Bonchev–Trinajstić information content (AvgIpc) is 2.56. The van der Waals surface area contributed by atoms with Crippen LogP contribution in [0.4, 0.5) is 0 Å². The number of rotatable bonds is 0. The molecule has 1 fully saturated rings. The first-order chi connectivity index (χ1) is 9.93. The van der Waals surface area contributed by atoms with E-state index in [0.29, 0.717) is 0 Å². The lowest BCUT2D eigenvalue weighted by Crippen LogP contribution is -2.19. The molecule has 1 nitrogen and oxygen atoms in total. The van der Waals surface area contributed by atoms with Gasteiger partial charge in [0.2, 0.25) is 0 Å². The van der Waals surface area contributed by atoms with Crippen molar-refractivity contribution in [2.45, 2.75) is 51.4 Å². The van der Waals surface area contributed by atoms with Crippen molar-refractivity contribution in [1.29, 1.82) is 0 Å². The number of pyridine rings is 1. The minimum Gasteiger partial charge on any atom is -0.264 e. The van der Waals surface area contributed by atoms with E-state index in [0.717, 1.165) is 24.7 Å². The van der Waals surface area contributed by atoms with Gasteiger partial charge in [0.05, 0.1) is 0 Å². The molecule has 0 bridgehead atoms. The third-order valence-corrected chi connectivity index (χ3v) is 4.90. The molecule has 0 saturated heterocycles. The minimum atomic E-state index is 0.975. The quantitative estimate of drug-likeness (QED) is 0.610. The summed E-state index contributed by atoms with van der Waals surface area (Å²) in [7, 11) is 0. The maximum absolute atomic E-state index is 4.06. The second-order valence-electron chi connectivity index (χ2n) is 6.24. The molecule has 1 heterocycles. The third kappa shape index (κ3) is 3.39. The van der Waals surface area contributed by atoms with Gasteiger partial charge in [-0.2, -0.15) is 0 Å². The Balaban J connectivity index is 0.000000121. The zero-order valence-corrected chi connectivity index (χ0v) is 12.3. The van der Waals surface area contributed by atoms with Gasteiger partial charge in [-0.15, -0.1) is 0 Å². The van der Waals surface area contributed by atoms with Crippen LogP contribution < -0.4 is 0 Å². The van der Waals surface area contributed by atoms with Gasteiger partial charge >= 0.3 is 0 Å². The highest BCUT2D eigenvalue weighted by Gasteiger charge is 2.23. The van der Waals surface area contributed by atoms with Crippen molar-refractivity contribution in [3.63, 3.8) is 0 Å². The minimum absolute atomic E-state index is 0.975. The fourth-order valence-electron chi connectivity index (χ4n) is 3.69. The number of aromatic nitrogens is 1. The lowest BCUT2D eigenvalue weighted by atomic mass is 9.74. The van der Waals surface area contributed by atoms with E-state index in [1.54, 1.807) is 0 Å². The maximum Gasteiger partial charge on any atom is 0.0305 e. The first-order valence-electron chi connectivity index (χ1n) is 8.17. The molecule has 0 amide bonds. The Labute approximate surface area is 122 Å². The predicted octanol–water partition coefficient (Wildman–Crippen LogP) is 4.88. The average molecular weight is 267 g/mol. The first kappa shape index (κ1) is 13.6. The predicted molar refractivity (Wildman–Crippen MR) is 84.6 cm³/mol. The van der Waals surface area contributed by atoms with Crippen LogP contribution in [-0.4, -0.2) is 4.98 Å². The molecule has 1 aromatic rings. The lowest BCUT2D eigenvalue weighted by Gasteiger charge is -2.31. The Hall–Kier alpha value is -1.37. The van der Waals surface area contributed by atoms with E-state index in [1.807, 2.05) is 12.4 Å².